The second kappa shape index (κ2) is 8.39. The van der Waals surface area contributed by atoms with Gasteiger partial charge in [-0.1, -0.05) is 12.1 Å². The van der Waals surface area contributed by atoms with Gasteiger partial charge in [0, 0.05) is 56.4 Å². The SMILES string of the molecule is CNC(=O)CN1CCN(C(=O)CCc2c(C)nc3c4ccccc4nn3c2C)CC1. The Hall–Kier alpha value is -3.00. The topological polar surface area (TPSA) is 82.8 Å². The van der Waals surface area contributed by atoms with E-state index in [1.54, 1.807) is 7.05 Å². The van der Waals surface area contributed by atoms with Gasteiger partial charge in [0.1, 0.15) is 0 Å². The number of carbonyl (C=O) groups excluding carboxylic acids is 2. The molecule has 3 heterocycles. The smallest absolute Gasteiger partial charge is 0.233 e. The summed E-state index contributed by atoms with van der Waals surface area (Å²) in [5, 5.41) is 8.38. The number of nitrogens with zero attached hydrogens (tertiary/aromatic N) is 5. The fourth-order valence-corrected chi connectivity index (χ4v) is 4.17. The minimum absolute atomic E-state index is 0.00917. The predicted molar refractivity (Wildman–Crippen MR) is 115 cm³/mol. The van der Waals surface area contributed by atoms with Crippen LogP contribution >= 0.6 is 0 Å². The fraction of sp³-hybridized carbons (Fsp3) is 0.455. The number of fused-ring (bicyclic) bond motifs is 3. The van der Waals surface area contributed by atoms with Gasteiger partial charge in [-0.2, -0.15) is 5.10 Å². The van der Waals surface area contributed by atoms with Crippen molar-refractivity contribution in [3.05, 3.63) is 41.2 Å². The van der Waals surface area contributed by atoms with Crippen LogP contribution in [-0.2, 0) is 16.0 Å². The summed E-state index contributed by atoms with van der Waals surface area (Å²) in [6.45, 7) is 7.22. The zero-order valence-electron chi connectivity index (χ0n) is 17.8. The first-order chi connectivity index (χ1) is 14.5. The number of piperazine rings is 1. The highest BCUT2D eigenvalue weighted by Gasteiger charge is 2.23. The lowest BCUT2D eigenvalue weighted by Gasteiger charge is -2.34. The van der Waals surface area contributed by atoms with Crippen LogP contribution < -0.4 is 5.32 Å². The molecule has 2 amide bonds. The summed E-state index contributed by atoms with van der Waals surface area (Å²) in [6.07, 6.45) is 1.10. The third kappa shape index (κ3) is 3.87. The molecule has 1 aliphatic rings. The van der Waals surface area contributed by atoms with E-state index < -0.39 is 0 Å². The highest BCUT2D eigenvalue weighted by molar-refractivity contribution is 5.92. The summed E-state index contributed by atoms with van der Waals surface area (Å²) in [5.74, 6) is 0.161. The number of aromatic nitrogens is 3. The maximum Gasteiger partial charge on any atom is 0.233 e. The molecule has 1 aromatic carbocycles. The Kier molecular flexibility index (Phi) is 5.67. The lowest BCUT2D eigenvalue weighted by molar-refractivity contribution is -0.133. The second-order valence-electron chi connectivity index (χ2n) is 7.84. The largest absolute Gasteiger partial charge is 0.358 e. The van der Waals surface area contributed by atoms with Crippen LogP contribution in [0.1, 0.15) is 23.4 Å². The van der Waals surface area contributed by atoms with E-state index in [-0.39, 0.29) is 11.8 Å². The molecule has 30 heavy (non-hydrogen) atoms. The third-order valence-corrected chi connectivity index (χ3v) is 5.98. The summed E-state index contributed by atoms with van der Waals surface area (Å²) in [6, 6.07) is 8.00. The van der Waals surface area contributed by atoms with Crippen LogP contribution in [0.15, 0.2) is 24.3 Å². The molecule has 0 unspecified atom stereocenters. The van der Waals surface area contributed by atoms with Gasteiger partial charge in [-0.05, 0) is 38.0 Å². The molecule has 8 heteroatoms. The van der Waals surface area contributed by atoms with Gasteiger partial charge in [0.15, 0.2) is 5.65 Å². The van der Waals surface area contributed by atoms with E-state index in [4.69, 9.17) is 10.1 Å². The van der Waals surface area contributed by atoms with Gasteiger partial charge in [-0.3, -0.25) is 14.5 Å². The van der Waals surface area contributed by atoms with Crippen molar-refractivity contribution >= 4 is 28.4 Å². The molecule has 2 aromatic heterocycles. The number of amides is 2. The molecule has 0 aliphatic carbocycles. The number of nitrogens with one attached hydrogen (secondary N) is 1. The minimum atomic E-state index is 0.00917. The molecule has 1 aliphatic heterocycles. The highest BCUT2D eigenvalue weighted by atomic mass is 16.2. The van der Waals surface area contributed by atoms with E-state index in [2.05, 4.69) is 10.2 Å². The summed E-state index contributed by atoms with van der Waals surface area (Å²) < 4.78 is 1.90. The van der Waals surface area contributed by atoms with Crippen LogP contribution in [0.4, 0.5) is 0 Å². The summed E-state index contributed by atoms with van der Waals surface area (Å²) >= 11 is 0. The Labute approximate surface area is 175 Å². The molecule has 0 atom stereocenters. The van der Waals surface area contributed by atoms with Crippen LogP contribution in [0.5, 0.6) is 0 Å². The van der Waals surface area contributed by atoms with Crippen molar-refractivity contribution in [2.75, 3.05) is 39.8 Å². The maximum absolute atomic E-state index is 12.8. The highest BCUT2D eigenvalue weighted by Crippen LogP contribution is 2.23. The Balaban J connectivity index is 1.43. The molecule has 158 valence electrons. The van der Waals surface area contributed by atoms with Crippen molar-refractivity contribution in [2.45, 2.75) is 26.7 Å². The number of benzene rings is 1. The molecule has 0 saturated carbocycles. The number of hydrogen-bond donors (Lipinski definition) is 1. The first kappa shape index (κ1) is 20.3. The molecule has 0 radical (unpaired) electrons. The zero-order chi connectivity index (χ0) is 21.3. The van der Waals surface area contributed by atoms with Crippen molar-refractivity contribution in [2.24, 2.45) is 0 Å². The number of carbonyl (C=O) groups is 2. The summed E-state index contributed by atoms with van der Waals surface area (Å²) in [4.78, 5) is 33.1. The van der Waals surface area contributed by atoms with Gasteiger partial charge >= 0.3 is 0 Å². The Morgan fingerprint density at radius 2 is 1.83 bits per heavy atom. The van der Waals surface area contributed by atoms with Gasteiger partial charge in [0.2, 0.25) is 11.8 Å². The van der Waals surface area contributed by atoms with E-state index in [1.807, 2.05) is 47.5 Å². The normalized spacial score (nSPS) is 15.1. The zero-order valence-corrected chi connectivity index (χ0v) is 17.8. The maximum atomic E-state index is 12.8. The van der Waals surface area contributed by atoms with Crippen molar-refractivity contribution in [3.8, 4) is 0 Å². The molecule has 1 N–H and O–H groups in total. The average molecular weight is 409 g/mol. The Bertz CT molecular complexity index is 1100. The standard InChI is InChI=1S/C22H28N6O2/c1-15-17(16(2)28-22(24-15)18-6-4-5-7-19(18)25-28)8-9-21(30)27-12-10-26(11-13-27)14-20(29)23-3/h4-7H,8-14H2,1-3H3,(H,23,29). The summed E-state index contributed by atoms with van der Waals surface area (Å²) in [5.41, 5.74) is 4.87. The fourth-order valence-electron chi connectivity index (χ4n) is 4.17. The quantitative estimate of drug-likeness (QED) is 0.689. The number of hydrogen-bond acceptors (Lipinski definition) is 5. The molecule has 0 spiro atoms. The van der Waals surface area contributed by atoms with Gasteiger partial charge in [-0.15, -0.1) is 0 Å². The molecule has 0 bridgehead atoms. The van der Waals surface area contributed by atoms with E-state index in [0.29, 0.717) is 32.5 Å². The molecule has 4 rings (SSSR count). The average Bonchev–Trinajstić information content (AvgIpc) is 3.12. The summed E-state index contributed by atoms with van der Waals surface area (Å²) in [7, 11) is 1.64. The van der Waals surface area contributed by atoms with Crippen molar-refractivity contribution in [1.82, 2.24) is 29.7 Å². The van der Waals surface area contributed by atoms with Gasteiger partial charge in [0.25, 0.3) is 0 Å². The first-order valence-corrected chi connectivity index (χ1v) is 10.4. The minimum Gasteiger partial charge on any atom is -0.358 e. The second-order valence-corrected chi connectivity index (χ2v) is 7.84. The van der Waals surface area contributed by atoms with Crippen LogP contribution in [0.2, 0.25) is 0 Å². The van der Waals surface area contributed by atoms with E-state index in [9.17, 15) is 9.59 Å². The predicted octanol–water partition coefficient (Wildman–Crippen LogP) is 1.32. The van der Waals surface area contributed by atoms with E-state index in [0.717, 1.165) is 46.6 Å². The molecular weight excluding hydrogens is 380 g/mol. The van der Waals surface area contributed by atoms with Crippen LogP contribution in [0.25, 0.3) is 16.6 Å². The molecule has 8 nitrogen and oxygen atoms in total. The van der Waals surface area contributed by atoms with Crippen molar-refractivity contribution in [3.63, 3.8) is 0 Å². The Morgan fingerprint density at radius 3 is 2.57 bits per heavy atom. The van der Waals surface area contributed by atoms with Crippen molar-refractivity contribution in [1.29, 1.82) is 0 Å². The molecule has 1 saturated heterocycles. The third-order valence-electron chi connectivity index (χ3n) is 5.98. The Morgan fingerprint density at radius 1 is 1.10 bits per heavy atom. The lowest BCUT2D eigenvalue weighted by Crippen LogP contribution is -2.50. The van der Waals surface area contributed by atoms with E-state index >= 15 is 0 Å². The molecular formula is C22H28N6O2. The first-order valence-electron chi connectivity index (χ1n) is 10.4. The lowest BCUT2D eigenvalue weighted by atomic mass is 10.1. The number of aryl methyl sites for hydroxylation is 2. The monoisotopic (exact) mass is 408 g/mol. The van der Waals surface area contributed by atoms with Crippen LogP contribution in [0, 0.1) is 13.8 Å². The number of rotatable bonds is 5. The van der Waals surface area contributed by atoms with E-state index in [1.165, 1.54) is 0 Å². The van der Waals surface area contributed by atoms with Crippen LogP contribution in [0.3, 0.4) is 0 Å². The van der Waals surface area contributed by atoms with Crippen molar-refractivity contribution < 1.29 is 9.59 Å². The van der Waals surface area contributed by atoms with Gasteiger partial charge < -0.3 is 10.2 Å². The molecule has 1 fully saturated rings. The molecule has 3 aromatic rings. The number of likely N-dealkylation sites (N-methyl/N-ethyl adjacent to an activating group) is 1. The van der Waals surface area contributed by atoms with Gasteiger partial charge in [0.05, 0.1) is 12.1 Å². The van der Waals surface area contributed by atoms with Gasteiger partial charge in [-0.25, -0.2) is 9.50 Å². The van der Waals surface area contributed by atoms with Crippen LogP contribution in [-0.4, -0.2) is 76.0 Å².